The van der Waals surface area contributed by atoms with Crippen LogP contribution in [0.5, 0.6) is 5.75 Å². The van der Waals surface area contributed by atoms with Crippen molar-refractivity contribution in [2.45, 2.75) is 0 Å². The zero-order valence-corrected chi connectivity index (χ0v) is 8.48. The topological polar surface area (TPSA) is 59.0 Å². The molecule has 1 aromatic carbocycles. The zero-order valence-electron chi connectivity index (χ0n) is 7.67. The monoisotopic (exact) mass is 234 g/mol. The highest BCUT2D eigenvalue weighted by molar-refractivity contribution is 5.85. The standard InChI is InChI=1S/C9H8F2N2O.ClH/c10-8-6(5-13)1-2-7(9(8)11)14-4-3-12;/h1-2H,3-4,12H2;1H. The second-order valence-electron chi connectivity index (χ2n) is 2.49. The highest BCUT2D eigenvalue weighted by Crippen LogP contribution is 2.21. The number of hydrogen-bond donors (Lipinski definition) is 1. The van der Waals surface area contributed by atoms with Gasteiger partial charge in [0.05, 0.1) is 5.56 Å². The first-order valence-corrected chi connectivity index (χ1v) is 3.91. The van der Waals surface area contributed by atoms with Crippen LogP contribution in [0.1, 0.15) is 5.56 Å². The minimum Gasteiger partial charge on any atom is -0.489 e. The summed E-state index contributed by atoms with van der Waals surface area (Å²) in [5.74, 6) is -2.58. The van der Waals surface area contributed by atoms with E-state index in [1.165, 1.54) is 12.1 Å². The van der Waals surface area contributed by atoms with Crippen LogP contribution in [0.25, 0.3) is 0 Å². The van der Waals surface area contributed by atoms with E-state index in [4.69, 9.17) is 15.7 Å². The zero-order chi connectivity index (χ0) is 10.6. The van der Waals surface area contributed by atoms with Crippen molar-refractivity contribution in [3.05, 3.63) is 29.3 Å². The largest absolute Gasteiger partial charge is 0.489 e. The van der Waals surface area contributed by atoms with Gasteiger partial charge < -0.3 is 10.5 Å². The average molecular weight is 235 g/mol. The molecule has 82 valence electrons. The van der Waals surface area contributed by atoms with E-state index in [2.05, 4.69) is 0 Å². The second-order valence-corrected chi connectivity index (χ2v) is 2.49. The Morgan fingerprint density at radius 3 is 2.53 bits per heavy atom. The van der Waals surface area contributed by atoms with Gasteiger partial charge in [-0.05, 0) is 12.1 Å². The van der Waals surface area contributed by atoms with Crippen molar-refractivity contribution < 1.29 is 13.5 Å². The van der Waals surface area contributed by atoms with Crippen LogP contribution >= 0.6 is 12.4 Å². The number of nitrogens with two attached hydrogens (primary N) is 1. The van der Waals surface area contributed by atoms with Gasteiger partial charge in [-0.1, -0.05) is 0 Å². The van der Waals surface area contributed by atoms with Crippen LogP contribution < -0.4 is 10.5 Å². The van der Waals surface area contributed by atoms with Gasteiger partial charge in [0.25, 0.3) is 0 Å². The van der Waals surface area contributed by atoms with Gasteiger partial charge in [-0.15, -0.1) is 12.4 Å². The van der Waals surface area contributed by atoms with Gasteiger partial charge in [-0.2, -0.15) is 9.65 Å². The Balaban J connectivity index is 0.00000196. The maximum Gasteiger partial charge on any atom is 0.201 e. The highest BCUT2D eigenvalue weighted by Gasteiger charge is 2.13. The Kier molecular flexibility index (Phi) is 5.60. The maximum atomic E-state index is 13.1. The number of halogens is 3. The van der Waals surface area contributed by atoms with E-state index in [1.54, 1.807) is 0 Å². The lowest BCUT2D eigenvalue weighted by atomic mass is 10.2. The van der Waals surface area contributed by atoms with Gasteiger partial charge in [-0.25, -0.2) is 4.39 Å². The Labute approximate surface area is 91.9 Å². The van der Waals surface area contributed by atoms with E-state index in [-0.39, 0.29) is 36.9 Å². The summed E-state index contributed by atoms with van der Waals surface area (Å²) in [5, 5.41) is 8.39. The Bertz CT molecular complexity index is 379. The molecule has 0 heterocycles. The lowest BCUT2D eigenvalue weighted by Gasteiger charge is -2.06. The second kappa shape index (κ2) is 6.17. The summed E-state index contributed by atoms with van der Waals surface area (Å²) in [7, 11) is 0. The molecule has 0 fully saturated rings. The van der Waals surface area contributed by atoms with Crippen LogP contribution in [0.2, 0.25) is 0 Å². The molecule has 2 N–H and O–H groups in total. The fourth-order valence-corrected chi connectivity index (χ4v) is 0.898. The summed E-state index contributed by atoms with van der Waals surface area (Å²) < 4.78 is 30.9. The van der Waals surface area contributed by atoms with Crippen molar-refractivity contribution in [3.8, 4) is 11.8 Å². The Hall–Kier alpha value is -1.38. The van der Waals surface area contributed by atoms with E-state index in [1.807, 2.05) is 0 Å². The predicted molar refractivity (Wildman–Crippen MR) is 52.9 cm³/mol. The van der Waals surface area contributed by atoms with Crippen LogP contribution in [0, 0.1) is 23.0 Å². The highest BCUT2D eigenvalue weighted by atomic mass is 35.5. The minimum atomic E-state index is -1.19. The lowest BCUT2D eigenvalue weighted by molar-refractivity contribution is 0.304. The van der Waals surface area contributed by atoms with Gasteiger partial charge in [0.1, 0.15) is 12.7 Å². The molecule has 6 heteroatoms. The summed E-state index contributed by atoms with van der Waals surface area (Å²) in [6.45, 7) is 0.309. The Morgan fingerprint density at radius 1 is 1.33 bits per heavy atom. The molecule has 15 heavy (non-hydrogen) atoms. The van der Waals surface area contributed by atoms with Gasteiger partial charge in [0, 0.05) is 6.54 Å². The van der Waals surface area contributed by atoms with Crippen LogP contribution in [-0.4, -0.2) is 13.2 Å². The minimum absolute atomic E-state index is 0. The van der Waals surface area contributed by atoms with E-state index in [0.29, 0.717) is 0 Å². The third-order valence-corrected chi connectivity index (χ3v) is 1.54. The summed E-state index contributed by atoms with van der Waals surface area (Å²) in [5.41, 5.74) is 4.78. The first-order valence-electron chi connectivity index (χ1n) is 3.91. The molecule has 0 aliphatic carbocycles. The van der Waals surface area contributed by atoms with Crippen molar-refractivity contribution in [2.75, 3.05) is 13.2 Å². The van der Waals surface area contributed by atoms with Crippen LogP contribution in [0.3, 0.4) is 0 Å². The molecule has 0 aliphatic heterocycles. The fourth-order valence-electron chi connectivity index (χ4n) is 0.898. The molecule has 0 saturated carbocycles. The molecule has 0 aromatic heterocycles. The molecule has 0 radical (unpaired) electrons. The van der Waals surface area contributed by atoms with E-state index < -0.39 is 11.6 Å². The molecule has 0 spiro atoms. The van der Waals surface area contributed by atoms with E-state index in [0.717, 1.165) is 6.07 Å². The summed E-state index contributed by atoms with van der Waals surface area (Å²) in [6.07, 6.45) is 0. The number of ether oxygens (including phenoxy) is 1. The number of nitriles is 1. The van der Waals surface area contributed by atoms with Crippen molar-refractivity contribution >= 4 is 12.4 Å². The molecule has 0 aliphatic rings. The van der Waals surface area contributed by atoms with Crippen LogP contribution in [0.4, 0.5) is 8.78 Å². The predicted octanol–water partition coefficient (Wildman–Crippen LogP) is 1.60. The van der Waals surface area contributed by atoms with E-state index >= 15 is 0 Å². The summed E-state index contributed by atoms with van der Waals surface area (Å²) in [6, 6.07) is 3.88. The van der Waals surface area contributed by atoms with Crippen molar-refractivity contribution in [1.29, 1.82) is 5.26 Å². The molecule has 1 rings (SSSR count). The molecule has 0 atom stereocenters. The number of rotatable bonds is 3. The van der Waals surface area contributed by atoms with Gasteiger partial charge in [0.2, 0.25) is 5.82 Å². The molecule has 3 nitrogen and oxygen atoms in total. The first-order chi connectivity index (χ1) is 6.70. The van der Waals surface area contributed by atoms with Crippen LogP contribution in [-0.2, 0) is 0 Å². The molecule has 0 unspecified atom stereocenters. The number of nitrogens with zero attached hydrogens (tertiary/aromatic N) is 1. The van der Waals surface area contributed by atoms with Crippen molar-refractivity contribution in [3.63, 3.8) is 0 Å². The molecule has 0 saturated heterocycles. The molecular formula is C9H9ClF2N2O. The summed E-state index contributed by atoms with van der Waals surface area (Å²) in [4.78, 5) is 0. The number of benzene rings is 1. The molecular weight excluding hydrogens is 226 g/mol. The van der Waals surface area contributed by atoms with Crippen molar-refractivity contribution in [2.24, 2.45) is 5.73 Å². The molecule has 0 bridgehead atoms. The fraction of sp³-hybridized carbons (Fsp3) is 0.222. The smallest absolute Gasteiger partial charge is 0.201 e. The molecule has 1 aromatic rings. The normalized spacial score (nSPS) is 8.93. The van der Waals surface area contributed by atoms with E-state index in [9.17, 15) is 8.78 Å². The van der Waals surface area contributed by atoms with Gasteiger partial charge in [-0.3, -0.25) is 0 Å². The lowest BCUT2D eigenvalue weighted by Crippen LogP contribution is -2.11. The average Bonchev–Trinajstić information content (AvgIpc) is 2.20. The Morgan fingerprint density at radius 2 is 2.00 bits per heavy atom. The van der Waals surface area contributed by atoms with Gasteiger partial charge in [0.15, 0.2) is 11.6 Å². The first kappa shape index (κ1) is 13.6. The number of hydrogen-bond acceptors (Lipinski definition) is 3. The van der Waals surface area contributed by atoms with Crippen molar-refractivity contribution in [1.82, 2.24) is 0 Å². The third kappa shape index (κ3) is 3.05. The van der Waals surface area contributed by atoms with Crippen LogP contribution in [0.15, 0.2) is 12.1 Å². The maximum absolute atomic E-state index is 13.1. The SMILES string of the molecule is Cl.N#Cc1ccc(OCCN)c(F)c1F. The molecule has 0 amide bonds. The summed E-state index contributed by atoms with van der Waals surface area (Å²) >= 11 is 0. The van der Waals surface area contributed by atoms with Gasteiger partial charge >= 0.3 is 0 Å². The third-order valence-electron chi connectivity index (χ3n) is 1.54. The quantitative estimate of drug-likeness (QED) is 0.864.